The Kier molecular flexibility index (Phi) is 1.27. The molecule has 1 fully saturated rings. The summed E-state index contributed by atoms with van der Waals surface area (Å²) in [6.45, 7) is 1.90. The van der Waals surface area contributed by atoms with E-state index in [1.807, 2.05) is 7.05 Å². The molecule has 0 aliphatic carbocycles. The number of hydrogen-bond donors (Lipinski definition) is 2. The third-order valence-electron chi connectivity index (χ3n) is 1.13. The monoisotopic (exact) mass is 101 g/mol. The van der Waals surface area contributed by atoms with Gasteiger partial charge in [-0.15, -0.1) is 0 Å². The number of nitrogens with one attached hydrogen (secondary N) is 1. The molecule has 0 amide bonds. The van der Waals surface area contributed by atoms with Gasteiger partial charge >= 0.3 is 0 Å². The van der Waals surface area contributed by atoms with Gasteiger partial charge in [0.05, 0.1) is 6.17 Å². The standard InChI is InChI=1S/C4H11N3/c1-7-2-4(5)6-3-7/h4,6H,2-3,5H2,1H3/t4-/m0/s1. The highest BCUT2D eigenvalue weighted by molar-refractivity contribution is 4.69. The molecule has 3 nitrogen and oxygen atoms in total. The normalized spacial score (nSPS) is 34.3. The van der Waals surface area contributed by atoms with E-state index in [-0.39, 0.29) is 6.17 Å². The van der Waals surface area contributed by atoms with Gasteiger partial charge in [-0.1, -0.05) is 0 Å². The molecule has 7 heavy (non-hydrogen) atoms. The van der Waals surface area contributed by atoms with Crippen LogP contribution in [0.3, 0.4) is 0 Å². The average Bonchev–Trinajstić information content (AvgIpc) is 1.87. The number of likely N-dealkylation sites (N-methyl/N-ethyl adjacent to an activating group) is 1. The number of hydrogen-bond acceptors (Lipinski definition) is 3. The molecule has 1 saturated heterocycles. The van der Waals surface area contributed by atoms with Crippen molar-refractivity contribution in [3.8, 4) is 0 Å². The first-order chi connectivity index (χ1) is 3.29. The number of nitrogens with zero attached hydrogens (tertiary/aromatic N) is 1. The summed E-state index contributed by atoms with van der Waals surface area (Å²) in [5.41, 5.74) is 5.47. The van der Waals surface area contributed by atoms with Crippen LogP contribution in [0.1, 0.15) is 0 Å². The van der Waals surface area contributed by atoms with Crippen molar-refractivity contribution in [3.05, 3.63) is 0 Å². The van der Waals surface area contributed by atoms with E-state index >= 15 is 0 Å². The lowest BCUT2D eigenvalue weighted by Gasteiger charge is -2.01. The lowest BCUT2D eigenvalue weighted by Crippen LogP contribution is -2.32. The largest absolute Gasteiger partial charge is 0.315 e. The van der Waals surface area contributed by atoms with Crippen molar-refractivity contribution in [1.82, 2.24) is 10.2 Å². The highest BCUT2D eigenvalue weighted by Crippen LogP contribution is 1.88. The second-order valence-electron chi connectivity index (χ2n) is 2.01. The van der Waals surface area contributed by atoms with Gasteiger partial charge in [0.1, 0.15) is 0 Å². The van der Waals surface area contributed by atoms with Crippen LogP contribution in [-0.2, 0) is 0 Å². The van der Waals surface area contributed by atoms with Crippen LogP contribution in [0.2, 0.25) is 0 Å². The van der Waals surface area contributed by atoms with E-state index in [0.29, 0.717) is 0 Å². The van der Waals surface area contributed by atoms with Crippen molar-refractivity contribution in [2.45, 2.75) is 6.17 Å². The fraction of sp³-hybridized carbons (Fsp3) is 1.00. The first-order valence-electron chi connectivity index (χ1n) is 2.46. The van der Waals surface area contributed by atoms with Crippen molar-refractivity contribution in [3.63, 3.8) is 0 Å². The van der Waals surface area contributed by atoms with E-state index in [0.717, 1.165) is 13.2 Å². The summed E-state index contributed by atoms with van der Waals surface area (Å²) in [5, 5.41) is 3.07. The fourth-order valence-corrected chi connectivity index (χ4v) is 0.738. The maximum atomic E-state index is 5.47. The highest BCUT2D eigenvalue weighted by atomic mass is 15.3. The molecule has 0 saturated carbocycles. The van der Waals surface area contributed by atoms with Crippen LogP contribution in [0.15, 0.2) is 0 Å². The van der Waals surface area contributed by atoms with Gasteiger partial charge in [-0.05, 0) is 7.05 Å². The first-order valence-corrected chi connectivity index (χ1v) is 2.46. The Bertz CT molecular complexity index is 56.0. The van der Waals surface area contributed by atoms with Crippen molar-refractivity contribution >= 4 is 0 Å². The molecule has 1 aliphatic rings. The molecule has 1 rings (SSSR count). The van der Waals surface area contributed by atoms with Gasteiger partial charge in [0.25, 0.3) is 0 Å². The van der Waals surface area contributed by atoms with Gasteiger partial charge in [-0.25, -0.2) is 0 Å². The van der Waals surface area contributed by atoms with Crippen LogP contribution in [0.4, 0.5) is 0 Å². The molecule has 0 aromatic heterocycles. The van der Waals surface area contributed by atoms with E-state index < -0.39 is 0 Å². The van der Waals surface area contributed by atoms with Crippen LogP contribution in [0.25, 0.3) is 0 Å². The zero-order valence-corrected chi connectivity index (χ0v) is 4.52. The molecule has 0 unspecified atom stereocenters. The number of rotatable bonds is 0. The third kappa shape index (κ3) is 1.12. The molecule has 3 heteroatoms. The lowest BCUT2D eigenvalue weighted by atomic mass is 10.5. The zero-order valence-electron chi connectivity index (χ0n) is 4.52. The van der Waals surface area contributed by atoms with E-state index in [9.17, 15) is 0 Å². The minimum atomic E-state index is 0.199. The predicted octanol–water partition coefficient (Wildman–Crippen LogP) is -1.24. The maximum Gasteiger partial charge on any atom is 0.0687 e. The predicted molar refractivity (Wildman–Crippen MR) is 28.6 cm³/mol. The van der Waals surface area contributed by atoms with Crippen LogP contribution in [-0.4, -0.2) is 31.3 Å². The summed E-state index contributed by atoms with van der Waals surface area (Å²) in [5.74, 6) is 0. The fourth-order valence-electron chi connectivity index (χ4n) is 0.738. The molecule has 0 aromatic carbocycles. The molecule has 0 aromatic rings. The Labute approximate surface area is 43.5 Å². The van der Waals surface area contributed by atoms with Crippen LogP contribution in [0, 0.1) is 0 Å². The molecule has 0 radical (unpaired) electrons. The number of nitrogens with two attached hydrogens (primary N) is 1. The molecule has 0 spiro atoms. The Morgan fingerprint density at radius 3 is 2.71 bits per heavy atom. The Balaban J connectivity index is 2.26. The molecule has 3 N–H and O–H groups in total. The Morgan fingerprint density at radius 1 is 1.86 bits per heavy atom. The molecular formula is C4H11N3. The van der Waals surface area contributed by atoms with Crippen molar-refractivity contribution in [1.29, 1.82) is 0 Å². The Morgan fingerprint density at radius 2 is 2.57 bits per heavy atom. The van der Waals surface area contributed by atoms with Crippen molar-refractivity contribution in [2.75, 3.05) is 20.3 Å². The van der Waals surface area contributed by atoms with E-state index in [2.05, 4.69) is 10.2 Å². The summed E-state index contributed by atoms with van der Waals surface area (Å²) >= 11 is 0. The molecule has 1 atom stereocenters. The zero-order chi connectivity index (χ0) is 5.28. The first kappa shape index (κ1) is 5.03. The van der Waals surface area contributed by atoms with Gasteiger partial charge < -0.3 is 5.73 Å². The highest BCUT2D eigenvalue weighted by Gasteiger charge is 2.12. The minimum Gasteiger partial charge on any atom is -0.315 e. The average molecular weight is 101 g/mol. The van der Waals surface area contributed by atoms with E-state index in [1.54, 1.807) is 0 Å². The molecule has 1 heterocycles. The summed E-state index contributed by atoms with van der Waals surface area (Å²) in [6.07, 6.45) is 0.199. The van der Waals surface area contributed by atoms with E-state index in [4.69, 9.17) is 5.73 Å². The van der Waals surface area contributed by atoms with Crippen molar-refractivity contribution < 1.29 is 0 Å². The van der Waals surface area contributed by atoms with Crippen LogP contribution < -0.4 is 11.1 Å². The minimum absolute atomic E-state index is 0.199. The van der Waals surface area contributed by atoms with Crippen molar-refractivity contribution in [2.24, 2.45) is 5.73 Å². The quantitative estimate of drug-likeness (QED) is 0.401. The molecule has 0 bridgehead atoms. The van der Waals surface area contributed by atoms with Gasteiger partial charge in [0.15, 0.2) is 0 Å². The summed E-state index contributed by atoms with van der Waals surface area (Å²) in [7, 11) is 2.04. The second kappa shape index (κ2) is 1.78. The summed E-state index contributed by atoms with van der Waals surface area (Å²) < 4.78 is 0. The van der Waals surface area contributed by atoms with E-state index in [1.165, 1.54) is 0 Å². The summed E-state index contributed by atoms with van der Waals surface area (Å²) in [6, 6.07) is 0. The molecule has 1 aliphatic heterocycles. The SMILES string of the molecule is CN1CN[C@H](N)C1. The van der Waals surface area contributed by atoms with Gasteiger partial charge in [0, 0.05) is 13.2 Å². The lowest BCUT2D eigenvalue weighted by molar-refractivity contribution is 0.407. The Hall–Kier alpha value is -0.120. The van der Waals surface area contributed by atoms with Gasteiger partial charge in [-0.2, -0.15) is 0 Å². The third-order valence-corrected chi connectivity index (χ3v) is 1.13. The second-order valence-corrected chi connectivity index (χ2v) is 2.01. The van der Waals surface area contributed by atoms with Gasteiger partial charge in [0.2, 0.25) is 0 Å². The topological polar surface area (TPSA) is 41.3 Å². The smallest absolute Gasteiger partial charge is 0.0687 e. The molecular weight excluding hydrogens is 90.1 g/mol. The van der Waals surface area contributed by atoms with Crippen LogP contribution >= 0.6 is 0 Å². The maximum absolute atomic E-state index is 5.47. The summed E-state index contributed by atoms with van der Waals surface area (Å²) in [4.78, 5) is 2.14. The molecule has 42 valence electrons. The van der Waals surface area contributed by atoms with Crippen LogP contribution in [0.5, 0.6) is 0 Å². The van der Waals surface area contributed by atoms with Gasteiger partial charge in [-0.3, -0.25) is 10.2 Å².